The van der Waals surface area contributed by atoms with Crippen LogP contribution < -0.4 is 0 Å². The molecule has 1 aromatic heterocycles. The molecule has 1 fully saturated rings. The molecule has 0 aliphatic carbocycles. The molecule has 1 N–H and O–H groups in total. The van der Waals surface area contributed by atoms with E-state index in [4.69, 9.17) is 5.11 Å². The van der Waals surface area contributed by atoms with Gasteiger partial charge in [0.1, 0.15) is 12.4 Å². The van der Waals surface area contributed by atoms with E-state index < -0.39 is 4.92 Å². The third kappa shape index (κ3) is 3.74. The van der Waals surface area contributed by atoms with Gasteiger partial charge in [-0.1, -0.05) is 4.98 Å². The molecule has 0 bridgehead atoms. The first-order valence-corrected chi connectivity index (χ1v) is 6.69. The minimum atomic E-state index is -0.451. The molecule has 0 aromatic carbocycles. The summed E-state index contributed by atoms with van der Waals surface area (Å²) >= 11 is 0. The highest BCUT2D eigenvalue weighted by Gasteiger charge is 2.20. The number of aliphatic hydroxyl groups excluding tert-OH is 1. The fourth-order valence-electron chi connectivity index (χ4n) is 2.58. The minimum absolute atomic E-state index is 0.0878. The van der Waals surface area contributed by atoms with Gasteiger partial charge in [-0.3, -0.25) is 0 Å². The Bertz CT molecular complexity index is 413. The maximum atomic E-state index is 10.7. The number of rotatable bonds is 6. The highest BCUT2D eigenvalue weighted by molar-refractivity contribution is 5.06. The van der Waals surface area contributed by atoms with Gasteiger partial charge in [-0.05, 0) is 43.2 Å². The smallest absolute Gasteiger partial charge is 0.396 e. The summed E-state index contributed by atoms with van der Waals surface area (Å²) in [5.41, 5.74) is 0. The van der Waals surface area contributed by atoms with Gasteiger partial charge in [-0.25, -0.2) is 4.57 Å². The SMILES string of the molecule is O=[N+]([O-])c1nccn1CCN1CCC(CCO)CC1. The lowest BCUT2D eigenvalue weighted by Crippen LogP contribution is -2.36. The Kier molecular flexibility index (Phi) is 4.86. The highest BCUT2D eigenvalue weighted by Crippen LogP contribution is 2.20. The van der Waals surface area contributed by atoms with E-state index in [2.05, 4.69) is 9.88 Å². The van der Waals surface area contributed by atoms with Gasteiger partial charge in [0.15, 0.2) is 0 Å². The van der Waals surface area contributed by atoms with Crippen molar-refractivity contribution in [2.45, 2.75) is 25.8 Å². The molecule has 0 unspecified atom stereocenters. The van der Waals surface area contributed by atoms with Crippen molar-refractivity contribution in [3.8, 4) is 0 Å². The lowest BCUT2D eigenvalue weighted by atomic mass is 9.94. The first-order chi connectivity index (χ1) is 9.20. The van der Waals surface area contributed by atoms with E-state index in [1.165, 1.54) is 6.20 Å². The third-order valence-corrected chi connectivity index (χ3v) is 3.76. The maximum absolute atomic E-state index is 10.7. The van der Waals surface area contributed by atoms with Gasteiger partial charge in [0.25, 0.3) is 0 Å². The van der Waals surface area contributed by atoms with Gasteiger partial charge in [0.05, 0.1) is 6.54 Å². The lowest BCUT2D eigenvalue weighted by molar-refractivity contribution is -0.396. The van der Waals surface area contributed by atoms with Crippen molar-refractivity contribution in [2.24, 2.45) is 5.92 Å². The van der Waals surface area contributed by atoms with E-state index in [9.17, 15) is 10.1 Å². The molecule has 1 aromatic rings. The molecule has 2 rings (SSSR count). The van der Waals surface area contributed by atoms with Gasteiger partial charge >= 0.3 is 5.95 Å². The maximum Gasteiger partial charge on any atom is 0.434 e. The zero-order valence-electron chi connectivity index (χ0n) is 10.9. The Hall–Kier alpha value is -1.47. The lowest BCUT2D eigenvalue weighted by Gasteiger charge is -2.31. The van der Waals surface area contributed by atoms with Crippen molar-refractivity contribution >= 4 is 5.95 Å². The molecule has 106 valence electrons. The van der Waals surface area contributed by atoms with Crippen LogP contribution in [0.1, 0.15) is 19.3 Å². The predicted molar refractivity (Wildman–Crippen MR) is 69.7 cm³/mol. The topological polar surface area (TPSA) is 84.4 Å². The Balaban J connectivity index is 1.77. The summed E-state index contributed by atoms with van der Waals surface area (Å²) < 4.78 is 1.58. The second-order valence-corrected chi connectivity index (χ2v) is 4.98. The van der Waals surface area contributed by atoms with Crippen molar-refractivity contribution < 1.29 is 10.0 Å². The molecule has 0 radical (unpaired) electrons. The quantitative estimate of drug-likeness (QED) is 0.611. The monoisotopic (exact) mass is 268 g/mol. The number of nitrogens with zero attached hydrogens (tertiary/aromatic N) is 4. The molecule has 7 heteroatoms. The van der Waals surface area contributed by atoms with Gasteiger partial charge in [-0.15, -0.1) is 0 Å². The molecule has 19 heavy (non-hydrogen) atoms. The van der Waals surface area contributed by atoms with Crippen molar-refractivity contribution in [1.82, 2.24) is 14.5 Å². The van der Waals surface area contributed by atoms with E-state index in [1.54, 1.807) is 10.8 Å². The number of hydrogen-bond donors (Lipinski definition) is 1. The number of imidazole rings is 1. The van der Waals surface area contributed by atoms with Crippen molar-refractivity contribution in [3.63, 3.8) is 0 Å². The zero-order chi connectivity index (χ0) is 13.7. The summed E-state index contributed by atoms with van der Waals surface area (Å²) in [7, 11) is 0. The summed E-state index contributed by atoms with van der Waals surface area (Å²) in [6, 6.07) is 0. The van der Waals surface area contributed by atoms with Crippen LogP contribution >= 0.6 is 0 Å². The number of hydrogen-bond acceptors (Lipinski definition) is 5. The molecule has 2 heterocycles. The molecule has 1 aliphatic heterocycles. The molecule has 0 atom stereocenters. The fourth-order valence-corrected chi connectivity index (χ4v) is 2.58. The largest absolute Gasteiger partial charge is 0.434 e. The predicted octanol–water partition coefficient (Wildman–Crippen LogP) is 0.886. The molecule has 1 aliphatic rings. The average molecular weight is 268 g/mol. The summed E-state index contributed by atoms with van der Waals surface area (Å²) in [5.74, 6) is 0.541. The van der Waals surface area contributed by atoms with Crippen molar-refractivity contribution in [2.75, 3.05) is 26.2 Å². The van der Waals surface area contributed by atoms with E-state index >= 15 is 0 Å². The standard InChI is InChI=1S/C12H20N4O3/c17-10-3-11-1-5-14(6-2-11)8-9-15-7-4-13-12(15)16(18)19/h4,7,11,17H,1-3,5-6,8-10H2. The molecular formula is C12H20N4O3. The van der Waals surface area contributed by atoms with E-state index in [1.807, 2.05) is 0 Å². The van der Waals surface area contributed by atoms with E-state index in [-0.39, 0.29) is 12.6 Å². The van der Waals surface area contributed by atoms with Crippen LogP contribution in [0.15, 0.2) is 12.4 Å². The van der Waals surface area contributed by atoms with Crippen LogP contribution in [0, 0.1) is 16.0 Å². The van der Waals surface area contributed by atoms with E-state index in [0.29, 0.717) is 12.5 Å². The van der Waals surface area contributed by atoms with Crippen LogP contribution in [-0.2, 0) is 6.54 Å². The minimum Gasteiger partial charge on any atom is -0.396 e. The number of nitro groups is 1. The van der Waals surface area contributed by atoms with Crippen LogP contribution in [-0.4, -0.2) is 50.7 Å². The number of likely N-dealkylation sites (tertiary alicyclic amines) is 1. The highest BCUT2D eigenvalue weighted by atomic mass is 16.6. The fraction of sp³-hybridized carbons (Fsp3) is 0.750. The number of aliphatic hydroxyl groups is 1. The van der Waals surface area contributed by atoms with Crippen LogP contribution in [0.3, 0.4) is 0 Å². The number of aromatic nitrogens is 2. The number of piperidine rings is 1. The third-order valence-electron chi connectivity index (χ3n) is 3.76. The second-order valence-electron chi connectivity index (χ2n) is 4.98. The summed E-state index contributed by atoms with van der Waals surface area (Å²) in [4.78, 5) is 16.3. The average Bonchev–Trinajstić information content (AvgIpc) is 2.87. The Morgan fingerprint density at radius 2 is 2.16 bits per heavy atom. The van der Waals surface area contributed by atoms with Crippen LogP contribution in [0.2, 0.25) is 0 Å². The van der Waals surface area contributed by atoms with Gasteiger partial charge in [-0.2, -0.15) is 0 Å². The van der Waals surface area contributed by atoms with E-state index in [0.717, 1.165) is 38.9 Å². The van der Waals surface area contributed by atoms with Gasteiger partial charge in [0.2, 0.25) is 0 Å². The first kappa shape index (κ1) is 14.0. The van der Waals surface area contributed by atoms with Crippen molar-refractivity contribution in [3.05, 3.63) is 22.5 Å². The van der Waals surface area contributed by atoms with Gasteiger partial charge < -0.3 is 20.1 Å². The Labute approximate surface area is 112 Å². The first-order valence-electron chi connectivity index (χ1n) is 6.69. The summed E-state index contributed by atoms with van der Waals surface area (Å²) in [6.07, 6.45) is 6.21. The molecule has 0 saturated carbocycles. The van der Waals surface area contributed by atoms with Crippen LogP contribution in [0.4, 0.5) is 5.95 Å². The van der Waals surface area contributed by atoms with Gasteiger partial charge in [0, 0.05) is 13.2 Å². The normalized spacial score (nSPS) is 17.7. The molecule has 1 saturated heterocycles. The second kappa shape index (κ2) is 6.63. The Morgan fingerprint density at radius 3 is 2.79 bits per heavy atom. The van der Waals surface area contributed by atoms with Crippen molar-refractivity contribution in [1.29, 1.82) is 0 Å². The van der Waals surface area contributed by atoms with Crippen LogP contribution in [0.5, 0.6) is 0 Å². The summed E-state index contributed by atoms with van der Waals surface area (Å²) in [5, 5.41) is 19.6. The molecule has 0 spiro atoms. The molecular weight excluding hydrogens is 248 g/mol. The Morgan fingerprint density at radius 1 is 1.42 bits per heavy atom. The summed E-state index contributed by atoms with van der Waals surface area (Å²) in [6.45, 7) is 3.69. The molecule has 7 nitrogen and oxygen atoms in total. The zero-order valence-corrected chi connectivity index (χ0v) is 10.9. The molecule has 0 amide bonds. The van der Waals surface area contributed by atoms with Crippen LogP contribution in [0.25, 0.3) is 0 Å².